The highest BCUT2D eigenvalue weighted by atomic mass is 19.1. The van der Waals surface area contributed by atoms with Crippen molar-refractivity contribution in [1.82, 2.24) is 10.6 Å². The number of hydrogen-bond acceptors (Lipinski definition) is 3. The minimum atomic E-state index is -0.740. The van der Waals surface area contributed by atoms with Crippen molar-refractivity contribution in [2.75, 3.05) is 0 Å². The first-order valence-corrected chi connectivity index (χ1v) is 5.43. The molecule has 5 nitrogen and oxygen atoms in total. The fraction of sp³-hybridized carbons (Fsp3) is 0.250. The van der Waals surface area contributed by atoms with Crippen LogP contribution in [0.2, 0.25) is 0 Å². The largest absolute Gasteiger partial charge is 0.316 e. The molecular formula is C12H12FN3O2. The zero-order valence-electron chi connectivity index (χ0n) is 9.95. The Morgan fingerprint density at radius 3 is 2.39 bits per heavy atom. The second-order valence-corrected chi connectivity index (χ2v) is 4.07. The first kappa shape index (κ1) is 12.2. The summed E-state index contributed by atoms with van der Waals surface area (Å²) in [6.07, 6.45) is 0. The Kier molecular flexibility index (Phi) is 3.10. The molecule has 1 aromatic rings. The maximum absolute atomic E-state index is 13.4. The summed E-state index contributed by atoms with van der Waals surface area (Å²) < 4.78 is 13.4. The van der Waals surface area contributed by atoms with E-state index < -0.39 is 11.8 Å². The number of benzene rings is 1. The van der Waals surface area contributed by atoms with Crippen molar-refractivity contribution in [1.29, 1.82) is 0 Å². The first-order valence-electron chi connectivity index (χ1n) is 5.43. The Bertz CT molecular complexity index is 536. The Morgan fingerprint density at radius 1 is 1.22 bits per heavy atom. The summed E-state index contributed by atoms with van der Waals surface area (Å²) >= 11 is 0. The molecule has 1 heterocycles. The minimum absolute atomic E-state index is 0.0958. The van der Waals surface area contributed by atoms with E-state index >= 15 is 0 Å². The Morgan fingerprint density at radius 2 is 1.83 bits per heavy atom. The Balaban J connectivity index is 2.19. The molecule has 2 amide bonds. The third-order valence-electron chi connectivity index (χ3n) is 2.67. The molecule has 1 unspecified atom stereocenters. The van der Waals surface area contributed by atoms with Crippen molar-refractivity contribution in [3.63, 3.8) is 0 Å². The molecule has 2 N–H and O–H groups in total. The van der Waals surface area contributed by atoms with Gasteiger partial charge in [-0.05, 0) is 31.0 Å². The van der Waals surface area contributed by atoms with Crippen molar-refractivity contribution in [3.05, 3.63) is 35.1 Å². The third kappa shape index (κ3) is 2.37. The van der Waals surface area contributed by atoms with Gasteiger partial charge in [-0.1, -0.05) is 12.1 Å². The van der Waals surface area contributed by atoms with E-state index in [0.717, 1.165) is 0 Å². The van der Waals surface area contributed by atoms with Crippen LogP contribution in [0.1, 0.15) is 24.1 Å². The van der Waals surface area contributed by atoms with Crippen LogP contribution in [0, 0.1) is 12.7 Å². The normalized spacial score (nSPS) is 16.3. The standard InChI is InChI=1S/C12H12FN3O2/c1-6-3-4-8(5-9(6)13)7(2)14-12-15-10(17)11(18)16-12/h3-5,7H,1-2H3,(H2,14,15,16,17,18). The van der Waals surface area contributed by atoms with Crippen LogP contribution in [0.15, 0.2) is 23.2 Å². The number of carbonyl (C=O) groups excluding carboxylic acids is 2. The topological polar surface area (TPSA) is 70.6 Å². The van der Waals surface area contributed by atoms with Crippen molar-refractivity contribution in [2.24, 2.45) is 4.99 Å². The van der Waals surface area contributed by atoms with Crippen molar-refractivity contribution >= 4 is 17.8 Å². The fourth-order valence-corrected chi connectivity index (χ4v) is 1.56. The first-order chi connectivity index (χ1) is 8.47. The quantitative estimate of drug-likeness (QED) is 0.761. The number of guanidine groups is 1. The molecule has 0 bridgehead atoms. The van der Waals surface area contributed by atoms with Gasteiger partial charge in [-0.3, -0.25) is 20.2 Å². The lowest BCUT2D eigenvalue weighted by Gasteiger charge is -2.09. The lowest BCUT2D eigenvalue weighted by atomic mass is 10.1. The van der Waals surface area contributed by atoms with Crippen LogP contribution in [-0.2, 0) is 9.59 Å². The number of nitrogens with zero attached hydrogens (tertiary/aromatic N) is 1. The number of rotatable bonds is 2. The van der Waals surface area contributed by atoms with Crippen LogP contribution in [-0.4, -0.2) is 17.8 Å². The maximum atomic E-state index is 13.4. The number of hydrogen-bond donors (Lipinski definition) is 2. The molecule has 1 fully saturated rings. The van der Waals surface area contributed by atoms with Crippen LogP contribution >= 0.6 is 0 Å². The van der Waals surface area contributed by atoms with Crippen LogP contribution < -0.4 is 10.6 Å². The Hall–Kier alpha value is -2.24. The molecule has 1 aliphatic rings. The molecule has 2 rings (SSSR count). The van der Waals surface area contributed by atoms with E-state index in [9.17, 15) is 14.0 Å². The average molecular weight is 249 g/mol. The van der Waals surface area contributed by atoms with Crippen LogP contribution in [0.5, 0.6) is 0 Å². The molecule has 94 valence electrons. The molecule has 18 heavy (non-hydrogen) atoms. The summed E-state index contributed by atoms with van der Waals surface area (Å²) in [4.78, 5) is 26.0. The number of halogens is 1. The van der Waals surface area contributed by atoms with E-state index in [0.29, 0.717) is 11.1 Å². The van der Waals surface area contributed by atoms with E-state index in [1.165, 1.54) is 6.07 Å². The van der Waals surface area contributed by atoms with Gasteiger partial charge in [-0.15, -0.1) is 0 Å². The van der Waals surface area contributed by atoms with Gasteiger partial charge in [0.1, 0.15) is 5.82 Å². The predicted molar refractivity (Wildman–Crippen MR) is 63.3 cm³/mol. The van der Waals surface area contributed by atoms with E-state index in [4.69, 9.17) is 0 Å². The molecule has 1 saturated heterocycles. The van der Waals surface area contributed by atoms with Crippen molar-refractivity contribution in [2.45, 2.75) is 19.9 Å². The van der Waals surface area contributed by atoms with Gasteiger partial charge in [-0.25, -0.2) is 9.38 Å². The highest BCUT2D eigenvalue weighted by Crippen LogP contribution is 2.19. The maximum Gasteiger partial charge on any atom is 0.316 e. The molecular weight excluding hydrogens is 237 g/mol. The fourth-order valence-electron chi connectivity index (χ4n) is 1.56. The lowest BCUT2D eigenvalue weighted by Crippen LogP contribution is -2.26. The van der Waals surface area contributed by atoms with Gasteiger partial charge in [-0.2, -0.15) is 0 Å². The molecule has 1 aromatic carbocycles. The van der Waals surface area contributed by atoms with Gasteiger partial charge in [0.2, 0.25) is 5.96 Å². The zero-order valence-corrected chi connectivity index (χ0v) is 9.95. The molecule has 1 aliphatic heterocycles. The van der Waals surface area contributed by atoms with E-state index in [1.807, 2.05) is 0 Å². The van der Waals surface area contributed by atoms with Gasteiger partial charge in [0, 0.05) is 0 Å². The monoisotopic (exact) mass is 249 g/mol. The Labute approximate surface area is 103 Å². The van der Waals surface area contributed by atoms with E-state index in [1.54, 1.807) is 26.0 Å². The van der Waals surface area contributed by atoms with Crippen LogP contribution in [0.4, 0.5) is 4.39 Å². The summed E-state index contributed by atoms with van der Waals surface area (Å²) in [5.74, 6) is -1.69. The van der Waals surface area contributed by atoms with Crippen LogP contribution in [0.3, 0.4) is 0 Å². The number of amides is 2. The van der Waals surface area contributed by atoms with Gasteiger partial charge in [0.15, 0.2) is 0 Å². The number of carbonyl (C=O) groups is 2. The number of aryl methyl sites for hydroxylation is 1. The van der Waals surface area contributed by atoms with Crippen LogP contribution in [0.25, 0.3) is 0 Å². The van der Waals surface area contributed by atoms with Crippen molar-refractivity contribution in [3.8, 4) is 0 Å². The molecule has 0 radical (unpaired) electrons. The summed E-state index contributed by atoms with van der Waals surface area (Å²) in [7, 11) is 0. The van der Waals surface area contributed by atoms with Gasteiger partial charge in [0.05, 0.1) is 6.04 Å². The molecule has 0 aromatic heterocycles. The summed E-state index contributed by atoms with van der Waals surface area (Å²) in [5, 5.41) is 4.57. The summed E-state index contributed by atoms with van der Waals surface area (Å²) in [5.41, 5.74) is 1.22. The number of nitrogens with one attached hydrogen (secondary N) is 2. The van der Waals surface area contributed by atoms with Gasteiger partial charge < -0.3 is 0 Å². The summed E-state index contributed by atoms with van der Waals surface area (Å²) in [6, 6.07) is 4.44. The lowest BCUT2D eigenvalue weighted by molar-refractivity contribution is -0.135. The molecule has 0 saturated carbocycles. The third-order valence-corrected chi connectivity index (χ3v) is 2.67. The molecule has 0 aliphatic carbocycles. The zero-order chi connectivity index (χ0) is 13.3. The average Bonchev–Trinajstić information content (AvgIpc) is 2.61. The van der Waals surface area contributed by atoms with Gasteiger partial charge >= 0.3 is 11.8 Å². The summed E-state index contributed by atoms with van der Waals surface area (Å²) in [6.45, 7) is 3.42. The second kappa shape index (κ2) is 4.56. The molecule has 1 atom stereocenters. The molecule has 6 heteroatoms. The highest BCUT2D eigenvalue weighted by Gasteiger charge is 2.25. The second-order valence-electron chi connectivity index (χ2n) is 4.07. The van der Waals surface area contributed by atoms with E-state index in [-0.39, 0.29) is 17.8 Å². The predicted octanol–water partition coefficient (Wildman–Crippen LogP) is 0.797. The SMILES string of the molecule is Cc1ccc(C(C)N=C2NC(=O)C(=O)N2)cc1F. The smallest absolute Gasteiger partial charge is 0.288 e. The molecule has 0 spiro atoms. The minimum Gasteiger partial charge on any atom is -0.288 e. The number of aliphatic imine (C=N–C) groups is 1. The van der Waals surface area contributed by atoms with Gasteiger partial charge in [0.25, 0.3) is 0 Å². The van der Waals surface area contributed by atoms with Crippen molar-refractivity contribution < 1.29 is 14.0 Å². The highest BCUT2D eigenvalue weighted by molar-refractivity contribution is 6.45. The van der Waals surface area contributed by atoms with E-state index in [2.05, 4.69) is 15.6 Å².